The zero-order chi connectivity index (χ0) is 8.97. The Kier molecular flexibility index (Phi) is 3.04. The van der Waals surface area contributed by atoms with Crippen molar-refractivity contribution in [1.29, 1.82) is 0 Å². The van der Waals surface area contributed by atoms with Crippen molar-refractivity contribution in [2.45, 2.75) is 20.4 Å². The van der Waals surface area contributed by atoms with Crippen molar-refractivity contribution < 1.29 is 9.26 Å². The van der Waals surface area contributed by atoms with Gasteiger partial charge >= 0.3 is 6.01 Å². The lowest BCUT2D eigenvalue weighted by Crippen LogP contribution is -2.05. The van der Waals surface area contributed by atoms with Crippen molar-refractivity contribution in [2.24, 2.45) is 11.7 Å². The predicted octanol–water partition coefficient (Wildman–Crippen LogP) is 0.563. The van der Waals surface area contributed by atoms with Gasteiger partial charge in [-0.3, -0.25) is 0 Å². The molecule has 1 aromatic rings. The summed E-state index contributed by atoms with van der Waals surface area (Å²) in [6, 6.07) is 0.268. The molecule has 0 unspecified atom stereocenters. The van der Waals surface area contributed by atoms with Crippen LogP contribution in [0.15, 0.2) is 4.52 Å². The second-order valence-electron chi connectivity index (χ2n) is 2.88. The van der Waals surface area contributed by atoms with E-state index in [1.165, 1.54) is 0 Å². The Hall–Kier alpha value is -1.10. The molecule has 68 valence electrons. The van der Waals surface area contributed by atoms with Gasteiger partial charge in [0.15, 0.2) is 0 Å². The van der Waals surface area contributed by atoms with E-state index < -0.39 is 0 Å². The average Bonchev–Trinajstić information content (AvgIpc) is 2.48. The fourth-order valence-corrected chi connectivity index (χ4v) is 0.622. The summed E-state index contributed by atoms with van der Waals surface area (Å²) in [4.78, 5) is 3.88. The van der Waals surface area contributed by atoms with Gasteiger partial charge < -0.3 is 15.0 Å². The number of nitrogens with two attached hydrogens (primary N) is 1. The molecule has 1 aromatic heterocycles. The maximum Gasteiger partial charge on any atom is 0.354 e. The number of nitrogens with zero attached hydrogens (tertiary/aromatic N) is 2. The highest BCUT2D eigenvalue weighted by molar-refractivity contribution is 4.90. The standard InChI is InChI=1S/C7H13N3O2/c1-5(2)4-11-7-9-6(3-8)12-10-7/h5H,3-4,8H2,1-2H3. The van der Waals surface area contributed by atoms with E-state index in [9.17, 15) is 0 Å². The van der Waals surface area contributed by atoms with Crippen LogP contribution < -0.4 is 10.5 Å². The van der Waals surface area contributed by atoms with Crippen LogP contribution >= 0.6 is 0 Å². The quantitative estimate of drug-likeness (QED) is 0.716. The average molecular weight is 171 g/mol. The van der Waals surface area contributed by atoms with Crippen LogP contribution in [-0.4, -0.2) is 16.7 Å². The summed E-state index contributed by atoms with van der Waals surface area (Å²) in [7, 11) is 0. The highest BCUT2D eigenvalue weighted by Crippen LogP contribution is 2.05. The second kappa shape index (κ2) is 4.06. The first-order valence-corrected chi connectivity index (χ1v) is 3.88. The third-order valence-electron chi connectivity index (χ3n) is 1.17. The molecule has 1 heterocycles. The molecule has 0 saturated carbocycles. The number of hydrogen-bond acceptors (Lipinski definition) is 5. The van der Waals surface area contributed by atoms with Gasteiger partial charge in [0.2, 0.25) is 5.89 Å². The minimum atomic E-state index is 0.248. The Morgan fingerprint density at radius 2 is 2.33 bits per heavy atom. The maximum absolute atomic E-state index is 5.27. The van der Waals surface area contributed by atoms with Crippen LogP contribution in [0.2, 0.25) is 0 Å². The lowest BCUT2D eigenvalue weighted by molar-refractivity contribution is 0.238. The van der Waals surface area contributed by atoms with E-state index in [0.717, 1.165) is 0 Å². The van der Waals surface area contributed by atoms with Gasteiger partial charge in [0.25, 0.3) is 0 Å². The first-order chi connectivity index (χ1) is 5.72. The van der Waals surface area contributed by atoms with E-state index in [1.54, 1.807) is 0 Å². The maximum atomic E-state index is 5.27. The molecular formula is C7H13N3O2. The van der Waals surface area contributed by atoms with Crippen molar-refractivity contribution in [1.82, 2.24) is 10.1 Å². The summed E-state index contributed by atoms with van der Waals surface area (Å²) in [5, 5.41) is 3.57. The van der Waals surface area contributed by atoms with Gasteiger partial charge in [0.05, 0.1) is 13.2 Å². The summed E-state index contributed by atoms with van der Waals surface area (Å²) in [6.07, 6.45) is 0. The van der Waals surface area contributed by atoms with Crippen molar-refractivity contribution in [2.75, 3.05) is 6.61 Å². The van der Waals surface area contributed by atoms with Crippen LogP contribution in [0.25, 0.3) is 0 Å². The van der Waals surface area contributed by atoms with Crippen LogP contribution in [0.1, 0.15) is 19.7 Å². The van der Waals surface area contributed by atoms with Gasteiger partial charge in [-0.2, -0.15) is 4.98 Å². The van der Waals surface area contributed by atoms with Gasteiger partial charge in [-0.25, -0.2) is 0 Å². The van der Waals surface area contributed by atoms with Gasteiger partial charge in [-0.15, -0.1) is 0 Å². The van der Waals surface area contributed by atoms with E-state index in [0.29, 0.717) is 18.4 Å². The zero-order valence-corrected chi connectivity index (χ0v) is 7.28. The third kappa shape index (κ3) is 2.50. The van der Waals surface area contributed by atoms with Gasteiger partial charge in [-0.05, 0) is 11.1 Å². The smallest absolute Gasteiger partial charge is 0.354 e. The molecular weight excluding hydrogens is 158 g/mol. The molecule has 0 aliphatic rings. The molecule has 0 fully saturated rings. The first kappa shape index (κ1) is 8.99. The molecule has 0 aromatic carbocycles. The Labute approximate surface area is 70.9 Å². The molecule has 1 rings (SSSR count). The summed E-state index contributed by atoms with van der Waals surface area (Å²) < 4.78 is 9.91. The Bertz CT molecular complexity index is 234. The lowest BCUT2D eigenvalue weighted by atomic mass is 10.2. The summed E-state index contributed by atoms with van der Waals surface area (Å²) in [5.41, 5.74) is 5.27. The van der Waals surface area contributed by atoms with Crippen LogP contribution in [-0.2, 0) is 6.54 Å². The molecule has 5 heteroatoms. The number of aromatic nitrogens is 2. The number of ether oxygens (including phenoxy) is 1. The molecule has 0 radical (unpaired) electrons. The van der Waals surface area contributed by atoms with E-state index >= 15 is 0 Å². The summed E-state index contributed by atoms with van der Waals surface area (Å²) in [6.45, 7) is 4.93. The molecule has 0 saturated heterocycles. The van der Waals surface area contributed by atoms with Crippen LogP contribution in [0.4, 0.5) is 0 Å². The minimum absolute atomic E-state index is 0.248. The highest BCUT2D eigenvalue weighted by atomic mass is 16.6. The van der Waals surface area contributed by atoms with Gasteiger partial charge in [-0.1, -0.05) is 13.8 Å². The molecule has 0 aliphatic carbocycles. The molecule has 2 N–H and O–H groups in total. The van der Waals surface area contributed by atoms with Crippen molar-refractivity contribution in [3.63, 3.8) is 0 Å². The Morgan fingerprint density at radius 1 is 1.58 bits per heavy atom. The predicted molar refractivity (Wildman–Crippen MR) is 42.5 cm³/mol. The second-order valence-corrected chi connectivity index (χ2v) is 2.88. The van der Waals surface area contributed by atoms with E-state index in [4.69, 9.17) is 15.0 Å². The molecule has 0 atom stereocenters. The SMILES string of the molecule is CC(C)COc1noc(CN)n1. The largest absolute Gasteiger partial charge is 0.461 e. The Balaban J connectivity index is 2.41. The fourth-order valence-electron chi connectivity index (χ4n) is 0.622. The molecule has 5 nitrogen and oxygen atoms in total. The summed E-state index contributed by atoms with van der Waals surface area (Å²) >= 11 is 0. The fraction of sp³-hybridized carbons (Fsp3) is 0.714. The minimum Gasteiger partial charge on any atom is -0.461 e. The lowest BCUT2D eigenvalue weighted by Gasteiger charge is -2.02. The molecule has 0 spiro atoms. The van der Waals surface area contributed by atoms with Gasteiger partial charge in [0.1, 0.15) is 0 Å². The molecule has 0 bridgehead atoms. The van der Waals surface area contributed by atoms with Crippen molar-refractivity contribution >= 4 is 0 Å². The van der Waals surface area contributed by atoms with Gasteiger partial charge in [0, 0.05) is 0 Å². The highest BCUT2D eigenvalue weighted by Gasteiger charge is 2.05. The normalized spacial score (nSPS) is 10.7. The van der Waals surface area contributed by atoms with Crippen LogP contribution in [0, 0.1) is 5.92 Å². The zero-order valence-electron chi connectivity index (χ0n) is 7.28. The number of rotatable bonds is 4. The van der Waals surface area contributed by atoms with Crippen molar-refractivity contribution in [3.05, 3.63) is 5.89 Å². The monoisotopic (exact) mass is 171 g/mol. The van der Waals surface area contributed by atoms with Crippen LogP contribution in [0.5, 0.6) is 6.01 Å². The van der Waals surface area contributed by atoms with Crippen LogP contribution in [0.3, 0.4) is 0 Å². The molecule has 12 heavy (non-hydrogen) atoms. The first-order valence-electron chi connectivity index (χ1n) is 3.88. The Morgan fingerprint density at radius 3 is 2.83 bits per heavy atom. The topological polar surface area (TPSA) is 74.2 Å². The van der Waals surface area contributed by atoms with E-state index in [-0.39, 0.29) is 12.6 Å². The third-order valence-corrected chi connectivity index (χ3v) is 1.17. The van der Waals surface area contributed by atoms with E-state index in [2.05, 4.69) is 10.1 Å². The summed E-state index contributed by atoms with van der Waals surface area (Å²) in [5.74, 6) is 0.846. The molecule has 0 amide bonds. The van der Waals surface area contributed by atoms with Crippen molar-refractivity contribution in [3.8, 4) is 6.01 Å². The van der Waals surface area contributed by atoms with E-state index in [1.807, 2.05) is 13.8 Å². The molecule has 0 aliphatic heterocycles. The number of hydrogen-bond donors (Lipinski definition) is 1.